The number of carbonyl (C=O) groups excluding carboxylic acids is 2. The van der Waals surface area contributed by atoms with Crippen LogP contribution < -0.4 is 16.4 Å². The van der Waals surface area contributed by atoms with Crippen molar-refractivity contribution < 1.29 is 24.2 Å². The first-order valence-corrected chi connectivity index (χ1v) is 5.37. The third-order valence-corrected chi connectivity index (χ3v) is 2.20. The van der Waals surface area contributed by atoms with Crippen LogP contribution in [0.15, 0.2) is 0 Å². The predicted molar refractivity (Wildman–Crippen MR) is 62.8 cm³/mol. The predicted octanol–water partition coefficient (Wildman–Crippen LogP) is -1.10. The van der Waals surface area contributed by atoms with Crippen LogP contribution in [0.3, 0.4) is 0 Å². The van der Waals surface area contributed by atoms with Crippen LogP contribution in [0.5, 0.6) is 0 Å². The molecule has 3 amide bonds. The largest absolute Gasteiger partial charge is 0.480 e. The molecule has 0 radical (unpaired) electrons. The van der Waals surface area contributed by atoms with Gasteiger partial charge in [-0.2, -0.15) is 0 Å². The monoisotopic (exact) mass is 261 g/mol. The summed E-state index contributed by atoms with van der Waals surface area (Å²) in [7, 11) is 1.32. The number of methoxy groups -OCH3 is 1. The smallest absolute Gasteiger partial charge is 0.328 e. The van der Waals surface area contributed by atoms with Crippen LogP contribution in [-0.2, 0) is 14.3 Å². The summed E-state index contributed by atoms with van der Waals surface area (Å²) < 4.78 is 4.65. The Balaban J connectivity index is 4.47. The summed E-state index contributed by atoms with van der Waals surface area (Å²) in [6.07, 6.45) is 0. The Bertz CT molecular complexity index is 319. The van der Waals surface area contributed by atoms with Crippen molar-refractivity contribution in [1.82, 2.24) is 10.6 Å². The number of hydrogen-bond acceptors (Lipinski definition) is 4. The zero-order valence-electron chi connectivity index (χ0n) is 10.6. The number of amides is 3. The Labute approximate surface area is 105 Å². The van der Waals surface area contributed by atoms with E-state index in [2.05, 4.69) is 15.4 Å². The van der Waals surface area contributed by atoms with E-state index < -0.39 is 30.0 Å². The van der Waals surface area contributed by atoms with E-state index in [-0.39, 0.29) is 12.5 Å². The normalized spacial score (nSPS) is 13.8. The number of urea groups is 1. The van der Waals surface area contributed by atoms with Crippen LogP contribution >= 0.6 is 0 Å². The minimum Gasteiger partial charge on any atom is -0.480 e. The Morgan fingerprint density at radius 3 is 2.17 bits per heavy atom. The highest BCUT2D eigenvalue weighted by atomic mass is 16.5. The number of nitrogens with two attached hydrogens (primary N) is 1. The zero-order chi connectivity index (χ0) is 14.3. The summed E-state index contributed by atoms with van der Waals surface area (Å²) in [6, 6.07) is -2.82. The fourth-order valence-electron chi connectivity index (χ4n) is 1.25. The molecule has 18 heavy (non-hydrogen) atoms. The van der Waals surface area contributed by atoms with Crippen molar-refractivity contribution in [2.75, 3.05) is 13.7 Å². The maximum Gasteiger partial charge on any atom is 0.328 e. The van der Waals surface area contributed by atoms with E-state index in [4.69, 9.17) is 10.8 Å². The lowest BCUT2D eigenvalue weighted by atomic mass is 10.0. The maximum atomic E-state index is 11.5. The van der Waals surface area contributed by atoms with Crippen LogP contribution in [0.25, 0.3) is 0 Å². The number of primary amides is 1. The number of carboxylic acid groups (broad SMARTS) is 1. The molecule has 0 aromatic carbocycles. The van der Waals surface area contributed by atoms with Gasteiger partial charge in [0.1, 0.15) is 6.04 Å². The highest BCUT2D eigenvalue weighted by molar-refractivity contribution is 5.88. The molecule has 0 fully saturated rings. The van der Waals surface area contributed by atoms with Crippen molar-refractivity contribution in [3.05, 3.63) is 0 Å². The highest BCUT2D eigenvalue weighted by Crippen LogP contribution is 2.00. The quantitative estimate of drug-likeness (QED) is 0.462. The maximum absolute atomic E-state index is 11.5. The first-order valence-electron chi connectivity index (χ1n) is 5.37. The third-order valence-electron chi connectivity index (χ3n) is 2.20. The average molecular weight is 261 g/mol. The second kappa shape index (κ2) is 7.49. The Kier molecular flexibility index (Phi) is 6.73. The third kappa shape index (κ3) is 5.48. The van der Waals surface area contributed by atoms with Gasteiger partial charge in [-0.15, -0.1) is 0 Å². The van der Waals surface area contributed by atoms with Crippen LogP contribution in [0.2, 0.25) is 0 Å². The number of nitrogens with one attached hydrogen (secondary N) is 2. The lowest BCUT2D eigenvalue weighted by Gasteiger charge is -2.21. The van der Waals surface area contributed by atoms with Gasteiger partial charge in [0, 0.05) is 7.11 Å². The van der Waals surface area contributed by atoms with Gasteiger partial charge in [-0.1, -0.05) is 13.8 Å². The average Bonchev–Trinajstić information content (AvgIpc) is 2.24. The summed E-state index contributed by atoms with van der Waals surface area (Å²) in [5.41, 5.74) is 5.11. The first kappa shape index (κ1) is 16.2. The Morgan fingerprint density at radius 2 is 1.83 bits per heavy atom. The molecule has 0 aromatic rings. The molecule has 104 valence electrons. The van der Waals surface area contributed by atoms with Crippen LogP contribution in [0.4, 0.5) is 4.79 Å². The van der Waals surface area contributed by atoms with Gasteiger partial charge in [0.15, 0.2) is 6.04 Å². The minimum atomic E-state index is -1.23. The molecule has 5 N–H and O–H groups in total. The Morgan fingerprint density at radius 1 is 1.28 bits per heavy atom. The van der Waals surface area contributed by atoms with Gasteiger partial charge in [-0.3, -0.25) is 4.79 Å². The van der Waals surface area contributed by atoms with E-state index in [9.17, 15) is 14.4 Å². The zero-order valence-corrected chi connectivity index (χ0v) is 10.6. The fourth-order valence-corrected chi connectivity index (χ4v) is 1.25. The molecule has 8 nitrogen and oxygen atoms in total. The molecule has 0 aliphatic carbocycles. The molecule has 0 saturated carbocycles. The van der Waals surface area contributed by atoms with Gasteiger partial charge in [-0.05, 0) is 5.92 Å². The topological polar surface area (TPSA) is 131 Å². The number of aliphatic carboxylic acids is 1. The standard InChI is InChI=1S/C10H19N3O5/c1-5(2)7(8(11)14)13-10(17)12-6(4-18-3)9(15)16/h5-7H,4H2,1-3H3,(H2,11,14)(H,15,16)(H2,12,13,17). The fraction of sp³-hybridized carbons (Fsp3) is 0.700. The lowest BCUT2D eigenvalue weighted by Crippen LogP contribution is -2.55. The molecule has 0 heterocycles. The van der Waals surface area contributed by atoms with Gasteiger partial charge in [-0.25, -0.2) is 9.59 Å². The van der Waals surface area contributed by atoms with Crippen LogP contribution in [-0.4, -0.2) is 48.8 Å². The van der Waals surface area contributed by atoms with Gasteiger partial charge in [0.2, 0.25) is 5.91 Å². The highest BCUT2D eigenvalue weighted by Gasteiger charge is 2.25. The van der Waals surface area contributed by atoms with Gasteiger partial charge < -0.3 is 26.2 Å². The summed E-state index contributed by atoms with van der Waals surface area (Å²) in [4.78, 5) is 33.3. The van der Waals surface area contributed by atoms with Gasteiger partial charge >= 0.3 is 12.0 Å². The van der Waals surface area contributed by atoms with Crippen LogP contribution in [0, 0.1) is 5.92 Å². The van der Waals surface area contributed by atoms with Crippen molar-refractivity contribution in [3.8, 4) is 0 Å². The number of carbonyl (C=O) groups is 3. The van der Waals surface area contributed by atoms with E-state index in [1.807, 2.05) is 0 Å². The summed E-state index contributed by atoms with van der Waals surface area (Å²) in [6.45, 7) is 3.24. The van der Waals surface area contributed by atoms with E-state index in [1.165, 1.54) is 7.11 Å². The number of ether oxygens (including phenoxy) is 1. The molecule has 8 heteroatoms. The summed E-state index contributed by atoms with van der Waals surface area (Å²) in [5.74, 6) is -2.11. The molecule has 0 aliphatic heterocycles. The lowest BCUT2D eigenvalue weighted by molar-refractivity contribution is -0.140. The number of hydrogen-bond donors (Lipinski definition) is 4. The second-order valence-electron chi connectivity index (χ2n) is 4.09. The molecule has 0 bridgehead atoms. The van der Waals surface area contributed by atoms with Crippen LogP contribution in [0.1, 0.15) is 13.8 Å². The van der Waals surface area contributed by atoms with Gasteiger partial charge in [0.25, 0.3) is 0 Å². The number of rotatable bonds is 7. The molecule has 0 aromatic heterocycles. The molecule has 0 spiro atoms. The molecule has 2 atom stereocenters. The molecule has 0 saturated heterocycles. The van der Waals surface area contributed by atoms with E-state index in [0.29, 0.717) is 0 Å². The van der Waals surface area contributed by atoms with Gasteiger partial charge in [0.05, 0.1) is 6.61 Å². The Hall–Kier alpha value is -1.83. The number of carboxylic acids is 1. The summed E-state index contributed by atoms with van der Waals surface area (Å²) >= 11 is 0. The van der Waals surface area contributed by atoms with Crippen molar-refractivity contribution in [2.45, 2.75) is 25.9 Å². The van der Waals surface area contributed by atoms with Crippen molar-refractivity contribution in [2.24, 2.45) is 11.7 Å². The molecular formula is C10H19N3O5. The first-order chi connectivity index (χ1) is 8.29. The molecule has 2 unspecified atom stereocenters. The molecule has 0 rings (SSSR count). The molecular weight excluding hydrogens is 242 g/mol. The minimum absolute atomic E-state index is 0.175. The van der Waals surface area contributed by atoms with Crippen molar-refractivity contribution >= 4 is 17.9 Å². The summed E-state index contributed by atoms with van der Waals surface area (Å²) in [5, 5.41) is 13.3. The van der Waals surface area contributed by atoms with Crippen molar-refractivity contribution in [3.63, 3.8) is 0 Å². The second-order valence-corrected chi connectivity index (χ2v) is 4.09. The van der Waals surface area contributed by atoms with E-state index in [0.717, 1.165) is 0 Å². The van der Waals surface area contributed by atoms with E-state index >= 15 is 0 Å². The van der Waals surface area contributed by atoms with Crippen molar-refractivity contribution in [1.29, 1.82) is 0 Å². The SMILES string of the molecule is COCC(NC(=O)NC(C(N)=O)C(C)C)C(=O)O. The van der Waals surface area contributed by atoms with E-state index in [1.54, 1.807) is 13.8 Å². The molecule has 0 aliphatic rings.